The second kappa shape index (κ2) is 5.34. The first-order valence-electron chi connectivity index (χ1n) is 4.63. The van der Waals surface area contributed by atoms with E-state index in [1.165, 1.54) is 4.90 Å². The van der Waals surface area contributed by atoms with E-state index in [9.17, 15) is 9.59 Å². The van der Waals surface area contributed by atoms with Gasteiger partial charge in [-0.3, -0.25) is 14.5 Å². The third kappa shape index (κ3) is 2.15. The second-order valence-electron chi connectivity index (χ2n) is 3.36. The molecule has 1 aromatic rings. The summed E-state index contributed by atoms with van der Waals surface area (Å²) in [5.74, 6) is -0.326. The maximum Gasteiger partial charge on any atom is 0.262 e. The fourth-order valence-electron chi connectivity index (χ4n) is 1.68. The number of carbonyl (C=O) groups is 2. The number of fused-ring (bicyclic) bond motifs is 1. The summed E-state index contributed by atoms with van der Waals surface area (Å²) in [6.07, 6.45) is 0. The minimum Gasteiger partial charge on any atom is -0.275 e. The van der Waals surface area contributed by atoms with Gasteiger partial charge in [-0.1, -0.05) is 0 Å². The van der Waals surface area contributed by atoms with Crippen molar-refractivity contribution in [2.24, 2.45) is 0 Å². The third-order valence-corrected chi connectivity index (χ3v) is 9.91. The Morgan fingerprint density at radius 1 is 0.824 bits per heavy atom. The Kier molecular flexibility index (Phi) is 4.61. The Labute approximate surface area is 153 Å². The Morgan fingerprint density at radius 2 is 1.18 bits per heavy atom. The van der Waals surface area contributed by atoms with E-state index in [2.05, 4.69) is 90.4 Å². The zero-order chi connectivity index (χ0) is 12.9. The number of rotatable bonds is 1. The molecule has 0 bridgehead atoms. The van der Waals surface area contributed by atoms with Crippen LogP contribution < -0.4 is 0 Å². The molecule has 0 unspecified atom stereocenters. The average molecular weight is 679 g/mol. The van der Waals surface area contributed by atoms with Crippen LogP contribution in [0.1, 0.15) is 27.6 Å². The van der Waals surface area contributed by atoms with E-state index < -0.39 is 0 Å². The smallest absolute Gasteiger partial charge is 0.262 e. The number of amides is 2. The molecule has 3 nitrogen and oxygen atoms in total. The molecule has 1 aromatic carbocycles. The molecular weight excluding hydrogens is 674 g/mol. The standard InChI is InChI=1S/C10H5I4NO2/c1-2-15-9(16)3-4(10(15)17)6(12)8(14)7(13)5(3)11/h2H2,1H3. The van der Waals surface area contributed by atoms with Crippen LogP contribution in [0.5, 0.6) is 0 Å². The lowest BCUT2D eigenvalue weighted by molar-refractivity contribution is 0.0662. The zero-order valence-corrected chi connectivity index (χ0v) is 17.1. The molecule has 1 heterocycles. The van der Waals surface area contributed by atoms with Gasteiger partial charge in [0.15, 0.2) is 0 Å². The number of hydrogen-bond donors (Lipinski definition) is 0. The number of halogens is 4. The molecule has 90 valence electrons. The van der Waals surface area contributed by atoms with Crippen LogP contribution in [0.25, 0.3) is 0 Å². The number of carbonyl (C=O) groups excluding carboxylic acids is 2. The summed E-state index contributed by atoms with van der Waals surface area (Å²) in [7, 11) is 0. The second-order valence-corrected chi connectivity index (χ2v) is 7.68. The van der Waals surface area contributed by atoms with Gasteiger partial charge < -0.3 is 0 Å². The highest BCUT2D eigenvalue weighted by atomic mass is 127. The van der Waals surface area contributed by atoms with Crippen molar-refractivity contribution in [2.45, 2.75) is 6.92 Å². The highest BCUT2D eigenvalue weighted by molar-refractivity contribution is 14.1. The minimum absolute atomic E-state index is 0.163. The van der Waals surface area contributed by atoms with Gasteiger partial charge in [-0.15, -0.1) is 0 Å². The van der Waals surface area contributed by atoms with E-state index in [-0.39, 0.29) is 11.8 Å². The van der Waals surface area contributed by atoms with Crippen molar-refractivity contribution in [3.63, 3.8) is 0 Å². The van der Waals surface area contributed by atoms with E-state index in [4.69, 9.17) is 0 Å². The monoisotopic (exact) mass is 679 g/mol. The predicted octanol–water partition coefficient (Wildman–Crippen LogP) is 3.72. The molecular formula is C10H5I4NO2. The summed E-state index contributed by atoms with van der Waals surface area (Å²) in [4.78, 5) is 25.6. The number of benzene rings is 1. The molecule has 17 heavy (non-hydrogen) atoms. The summed E-state index contributed by atoms with van der Waals surface area (Å²) in [5, 5.41) is 0. The number of nitrogens with zero attached hydrogens (tertiary/aromatic N) is 1. The summed E-state index contributed by atoms with van der Waals surface area (Å²) in [6.45, 7) is 2.24. The third-order valence-electron chi connectivity index (χ3n) is 2.50. The lowest BCUT2D eigenvalue weighted by Crippen LogP contribution is -2.29. The molecule has 0 saturated carbocycles. The molecule has 2 rings (SSSR count). The average Bonchev–Trinajstić information content (AvgIpc) is 2.55. The number of hydrogen-bond acceptors (Lipinski definition) is 2. The Balaban J connectivity index is 2.84. The van der Waals surface area contributed by atoms with Crippen molar-refractivity contribution >= 4 is 102 Å². The van der Waals surface area contributed by atoms with E-state index in [1.54, 1.807) is 0 Å². The van der Waals surface area contributed by atoms with Gasteiger partial charge in [-0.2, -0.15) is 0 Å². The highest BCUT2D eigenvalue weighted by Gasteiger charge is 2.39. The SMILES string of the molecule is CCN1C(=O)c2c(I)c(I)c(I)c(I)c2C1=O. The van der Waals surface area contributed by atoms with Crippen LogP contribution in [-0.2, 0) is 0 Å². The maximum atomic E-state index is 12.2. The molecule has 0 spiro atoms. The van der Waals surface area contributed by atoms with Crippen molar-refractivity contribution in [1.29, 1.82) is 0 Å². The van der Waals surface area contributed by atoms with Crippen molar-refractivity contribution in [3.05, 3.63) is 25.4 Å². The lowest BCUT2D eigenvalue weighted by atomic mass is 10.1. The summed E-state index contributed by atoms with van der Waals surface area (Å²) >= 11 is 8.74. The van der Waals surface area contributed by atoms with Crippen molar-refractivity contribution in [2.75, 3.05) is 6.54 Å². The first kappa shape index (κ1) is 14.7. The van der Waals surface area contributed by atoms with Gasteiger partial charge in [0.1, 0.15) is 0 Å². The van der Waals surface area contributed by atoms with E-state index in [0.29, 0.717) is 17.7 Å². The first-order chi connectivity index (χ1) is 7.91. The molecule has 0 radical (unpaired) electrons. The van der Waals surface area contributed by atoms with Crippen LogP contribution in [0, 0.1) is 14.3 Å². The molecule has 0 atom stereocenters. The number of imide groups is 1. The molecule has 1 aliphatic rings. The van der Waals surface area contributed by atoms with Crippen molar-refractivity contribution in [3.8, 4) is 0 Å². The maximum absolute atomic E-state index is 12.2. The molecule has 1 aliphatic heterocycles. The van der Waals surface area contributed by atoms with Crippen molar-refractivity contribution in [1.82, 2.24) is 4.90 Å². The predicted molar refractivity (Wildman–Crippen MR) is 98.4 cm³/mol. The van der Waals surface area contributed by atoms with Crippen molar-refractivity contribution < 1.29 is 9.59 Å². The topological polar surface area (TPSA) is 37.4 Å². The molecule has 0 N–H and O–H groups in total. The summed E-state index contributed by atoms with van der Waals surface area (Å²) in [6, 6.07) is 0. The van der Waals surface area contributed by atoms with Gasteiger partial charge in [-0.25, -0.2) is 0 Å². The van der Waals surface area contributed by atoms with Gasteiger partial charge >= 0.3 is 0 Å². The molecule has 0 saturated heterocycles. The molecule has 2 amide bonds. The lowest BCUT2D eigenvalue weighted by Gasteiger charge is -2.09. The highest BCUT2D eigenvalue weighted by Crippen LogP contribution is 2.37. The van der Waals surface area contributed by atoms with Crippen LogP contribution in [0.3, 0.4) is 0 Å². The summed E-state index contributed by atoms with van der Waals surface area (Å²) < 4.78 is 3.87. The van der Waals surface area contributed by atoms with Gasteiger partial charge in [0.05, 0.1) is 11.1 Å². The van der Waals surface area contributed by atoms with Crippen LogP contribution in [0.2, 0.25) is 0 Å². The first-order valence-corrected chi connectivity index (χ1v) is 8.95. The Hall–Kier alpha value is 1.28. The molecule has 7 heteroatoms. The van der Waals surface area contributed by atoms with Gasteiger partial charge in [0.25, 0.3) is 11.8 Å². The Bertz CT molecular complexity index is 509. The quantitative estimate of drug-likeness (QED) is 0.197. The van der Waals surface area contributed by atoms with Gasteiger partial charge in [-0.05, 0) is 97.3 Å². The molecule has 0 aliphatic carbocycles. The van der Waals surface area contributed by atoms with E-state index in [0.717, 1.165) is 14.3 Å². The van der Waals surface area contributed by atoms with Crippen LogP contribution >= 0.6 is 90.4 Å². The Morgan fingerprint density at radius 3 is 1.47 bits per heavy atom. The van der Waals surface area contributed by atoms with Crippen LogP contribution in [0.4, 0.5) is 0 Å². The zero-order valence-electron chi connectivity index (χ0n) is 8.48. The van der Waals surface area contributed by atoms with Gasteiger partial charge in [0, 0.05) is 20.8 Å². The fraction of sp³-hybridized carbons (Fsp3) is 0.200. The normalized spacial score (nSPS) is 14.5. The minimum atomic E-state index is -0.163. The largest absolute Gasteiger partial charge is 0.275 e. The van der Waals surface area contributed by atoms with E-state index >= 15 is 0 Å². The fourth-order valence-corrected chi connectivity index (χ4v) is 5.33. The molecule has 0 aromatic heterocycles. The van der Waals surface area contributed by atoms with Crippen LogP contribution in [0.15, 0.2) is 0 Å². The van der Waals surface area contributed by atoms with Gasteiger partial charge in [0.2, 0.25) is 0 Å². The molecule has 0 fully saturated rings. The van der Waals surface area contributed by atoms with Crippen LogP contribution in [-0.4, -0.2) is 23.3 Å². The summed E-state index contributed by atoms with van der Waals surface area (Å²) in [5.41, 5.74) is 1.15. The van der Waals surface area contributed by atoms with E-state index in [1.807, 2.05) is 6.92 Å².